The monoisotopic (exact) mass is 374 g/mol. The topological polar surface area (TPSA) is 90.3 Å². The fourth-order valence-corrected chi connectivity index (χ4v) is 2.43. The SMILES string of the molecule is C/C(=C\CO)NC(=S)c1ccnc(Nc2cc(C)cc(C)c2)n1.CCO. The molecule has 0 aliphatic carbocycles. The van der Waals surface area contributed by atoms with Crippen molar-refractivity contribution in [3.05, 3.63) is 59.1 Å². The van der Waals surface area contributed by atoms with Gasteiger partial charge < -0.3 is 20.8 Å². The summed E-state index contributed by atoms with van der Waals surface area (Å²) in [6, 6.07) is 7.92. The molecule has 2 rings (SSSR count). The van der Waals surface area contributed by atoms with E-state index in [-0.39, 0.29) is 13.2 Å². The minimum atomic E-state index is -0.0370. The van der Waals surface area contributed by atoms with Gasteiger partial charge in [-0.1, -0.05) is 18.3 Å². The number of benzene rings is 1. The van der Waals surface area contributed by atoms with Gasteiger partial charge in [-0.15, -0.1) is 0 Å². The van der Waals surface area contributed by atoms with Crippen LogP contribution in [0.25, 0.3) is 0 Å². The van der Waals surface area contributed by atoms with Crippen LogP contribution in [0.4, 0.5) is 11.6 Å². The Morgan fingerprint density at radius 1 is 1.19 bits per heavy atom. The van der Waals surface area contributed by atoms with E-state index in [0.29, 0.717) is 16.6 Å². The summed E-state index contributed by atoms with van der Waals surface area (Å²) in [6.45, 7) is 7.82. The Balaban J connectivity index is 0.00000105. The molecule has 0 amide bonds. The molecule has 0 aliphatic rings. The quantitative estimate of drug-likeness (QED) is 0.598. The first-order valence-corrected chi connectivity index (χ1v) is 8.68. The van der Waals surface area contributed by atoms with Gasteiger partial charge in [0.1, 0.15) is 10.7 Å². The molecule has 4 N–H and O–H groups in total. The van der Waals surface area contributed by atoms with Gasteiger partial charge in [0.25, 0.3) is 0 Å². The second-order valence-electron chi connectivity index (χ2n) is 5.61. The zero-order chi connectivity index (χ0) is 19.5. The number of aliphatic hydroxyl groups excluding tert-OH is 2. The molecule has 2 aromatic rings. The standard InChI is InChI=1S/C17H20N4OS.C2H6O/c1-11-8-12(2)10-14(9-11)20-17-18-6-4-15(21-17)16(23)19-13(3)5-7-22;1-2-3/h4-6,8-10,22H,7H2,1-3H3,(H,19,23)(H,18,20,21);3H,2H2,1H3/b13-5+;. The van der Waals surface area contributed by atoms with Crippen LogP contribution in [0.2, 0.25) is 0 Å². The van der Waals surface area contributed by atoms with E-state index >= 15 is 0 Å². The van der Waals surface area contributed by atoms with Gasteiger partial charge in [-0.2, -0.15) is 0 Å². The van der Waals surface area contributed by atoms with Crippen molar-refractivity contribution in [2.24, 2.45) is 0 Å². The van der Waals surface area contributed by atoms with Gasteiger partial charge in [-0.3, -0.25) is 0 Å². The van der Waals surface area contributed by atoms with Crippen LogP contribution in [0.5, 0.6) is 0 Å². The molecule has 0 saturated carbocycles. The Labute approximate surface area is 160 Å². The number of allylic oxidation sites excluding steroid dienone is 1. The maximum absolute atomic E-state index is 8.88. The van der Waals surface area contributed by atoms with Crippen LogP contribution in [-0.2, 0) is 0 Å². The second kappa shape index (κ2) is 11.3. The van der Waals surface area contributed by atoms with Crippen LogP contribution in [0.15, 0.2) is 42.2 Å². The summed E-state index contributed by atoms with van der Waals surface area (Å²) in [5.41, 5.74) is 4.68. The molecule has 1 aromatic heterocycles. The number of anilines is 2. The second-order valence-corrected chi connectivity index (χ2v) is 6.02. The van der Waals surface area contributed by atoms with Crippen LogP contribution in [0.1, 0.15) is 30.7 Å². The third-order valence-electron chi connectivity index (χ3n) is 3.07. The average molecular weight is 375 g/mol. The van der Waals surface area contributed by atoms with Gasteiger partial charge in [0.15, 0.2) is 0 Å². The van der Waals surface area contributed by atoms with Crippen LogP contribution in [-0.4, -0.2) is 38.4 Å². The maximum Gasteiger partial charge on any atom is 0.227 e. The number of aliphatic hydroxyl groups is 2. The lowest BCUT2D eigenvalue weighted by Gasteiger charge is -2.10. The summed E-state index contributed by atoms with van der Waals surface area (Å²) in [6.07, 6.45) is 3.30. The van der Waals surface area contributed by atoms with E-state index < -0.39 is 0 Å². The lowest BCUT2D eigenvalue weighted by atomic mass is 10.1. The molecule has 6 nitrogen and oxygen atoms in total. The largest absolute Gasteiger partial charge is 0.397 e. The van der Waals surface area contributed by atoms with Crippen LogP contribution in [0, 0.1) is 13.8 Å². The number of aromatic nitrogens is 2. The minimum Gasteiger partial charge on any atom is -0.397 e. The molecular weight excluding hydrogens is 348 g/mol. The normalized spacial score (nSPS) is 10.6. The van der Waals surface area contributed by atoms with Crippen molar-refractivity contribution in [2.75, 3.05) is 18.5 Å². The number of nitrogens with zero attached hydrogens (tertiary/aromatic N) is 2. The highest BCUT2D eigenvalue weighted by molar-refractivity contribution is 7.80. The van der Waals surface area contributed by atoms with Crippen molar-refractivity contribution >= 4 is 28.8 Å². The van der Waals surface area contributed by atoms with E-state index in [1.54, 1.807) is 25.3 Å². The Morgan fingerprint density at radius 2 is 1.81 bits per heavy atom. The predicted molar refractivity (Wildman–Crippen MR) is 110 cm³/mol. The van der Waals surface area contributed by atoms with Crippen molar-refractivity contribution in [1.29, 1.82) is 0 Å². The molecule has 0 unspecified atom stereocenters. The molecule has 0 fully saturated rings. The molecular formula is C19H26N4O2S. The number of aryl methyl sites for hydroxylation is 2. The summed E-state index contributed by atoms with van der Waals surface area (Å²) >= 11 is 5.33. The molecule has 0 saturated heterocycles. The third kappa shape index (κ3) is 7.69. The summed E-state index contributed by atoms with van der Waals surface area (Å²) in [5.74, 6) is 0.487. The fraction of sp³-hybridized carbons (Fsp3) is 0.316. The van der Waals surface area contributed by atoms with Crippen molar-refractivity contribution < 1.29 is 10.2 Å². The van der Waals surface area contributed by atoms with Crippen molar-refractivity contribution in [1.82, 2.24) is 15.3 Å². The first-order valence-electron chi connectivity index (χ1n) is 8.27. The lowest BCUT2D eigenvalue weighted by molar-refractivity contribution is 0.318. The summed E-state index contributed by atoms with van der Waals surface area (Å²) in [4.78, 5) is 9.14. The van der Waals surface area contributed by atoms with E-state index in [1.807, 2.05) is 32.9 Å². The zero-order valence-electron chi connectivity index (χ0n) is 15.6. The highest BCUT2D eigenvalue weighted by Gasteiger charge is 2.06. The first-order chi connectivity index (χ1) is 12.4. The molecule has 26 heavy (non-hydrogen) atoms. The molecule has 0 aliphatic heterocycles. The molecule has 0 bridgehead atoms. The molecule has 0 spiro atoms. The van der Waals surface area contributed by atoms with Gasteiger partial charge in [0.2, 0.25) is 5.95 Å². The molecule has 1 heterocycles. The Kier molecular flexibility index (Phi) is 9.43. The number of hydrogen-bond acceptors (Lipinski definition) is 6. The van der Waals surface area contributed by atoms with Gasteiger partial charge in [0, 0.05) is 24.2 Å². The van der Waals surface area contributed by atoms with E-state index in [4.69, 9.17) is 22.4 Å². The number of rotatable bonds is 5. The highest BCUT2D eigenvalue weighted by atomic mass is 32.1. The highest BCUT2D eigenvalue weighted by Crippen LogP contribution is 2.17. The summed E-state index contributed by atoms with van der Waals surface area (Å²) in [7, 11) is 0. The summed E-state index contributed by atoms with van der Waals surface area (Å²) in [5, 5.41) is 22.7. The number of hydrogen-bond donors (Lipinski definition) is 4. The van der Waals surface area contributed by atoms with Gasteiger partial charge >= 0.3 is 0 Å². The van der Waals surface area contributed by atoms with Gasteiger partial charge in [0.05, 0.1) is 6.61 Å². The number of nitrogens with one attached hydrogen (secondary N) is 2. The Bertz CT molecular complexity index is 743. The predicted octanol–water partition coefficient (Wildman–Crippen LogP) is 3.00. The van der Waals surface area contributed by atoms with Crippen LogP contribution >= 0.6 is 12.2 Å². The van der Waals surface area contributed by atoms with Gasteiger partial charge in [-0.25, -0.2) is 9.97 Å². The van der Waals surface area contributed by atoms with Gasteiger partial charge in [-0.05, 0) is 63.1 Å². The molecule has 7 heteroatoms. The summed E-state index contributed by atoms with van der Waals surface area (Å²) < 4.78 is 0. The van der Waals surface area contributed by atoms with E-state index in [2.05, 4.69) is 26.7 Å². The van der Waals surface area contributed by atoms with E-state index in [9.17, 15) is 0 Å². The van der Waals surface area contributed by atoms with Crippen LogP contribution in [0.3, 0.4) is 0 Å². The molecule has 1 aromatic carbocycles. The smallest absolute Gasteiger partial charge is 0.227 e. The lowest BCUT2D eigenvalue weighted by Crippen LogP contribution is -2.22. The number of thiocarbonyl (C=S) groups is 1. The maximum atomic E-state index is 8.88. The van der Waals surface area contributed by atoms with E-state index in [0.717, 1.165) is 11.4 Å². The van der Waals surface area contributed by atoms with Crippen LogP contribution < -0.4 is 10.6 Å². The van der Waals surface area contributed by atoms with Crippen molar-refractivity contribution in [2.45, 2.75) is 27.7 Å². The third-order valence-corrected chi connectivity index (χ3v) is 3.39. The Morgan fingerprint density at radius 3 is 2.38 bits per heavy atom. The fourth-order valence-electron chi connectivity index (χ4n) is 2.15. The van der Waals surface area contributed by atoms with E-state index in [1.165, 1.54) is 11.1 Å². The first kappa shape index (κ1) is 21.7. The van der Waals surface area contributed by atoms with Crippen molar-refractivity contribution in [3.8, 4) is 0 Å². The molecule has 0 radical (unpaired) electrons. The molecule has 0 atom stereocenters. The Hall–Kier alpha value is -2.35. The minimum absolute atomic E-state index is 0.0370. The zero-order valence-corrected chi connectivity index (χ0v) is 16.4. The molecule has 140 valence electrons. The van der Waals surface area contributed by atoms with Crippen molar-refractivity contribution in [3.63, 3.8) is 0 Å². The average Bonchev–Trinajstić information content (AvgIpc) is 2.55.